The number of benzene rings is 2. The van der Waals surface area contributed by atoms with Crippen LogP contribution in [0.1, 0.15) is 62.3 Å². The molecule has 29 heavy (non-hydrogen) atoms. The van der Waals surface area contributed by atoms with Crippen LogP contribution in [0.2, 0.25) is 0 Å². The van der Waals surface area contributed by atoms with Crippen LogP contribution in [0, 0.1) is 13.8 Å². The molecule has 0 amide bonds. The van der Waals surface area contributed by atoms with Gasteiger partial charge >= 0.3 is 0 Å². The van der Waals surface area contributed by atoms with E-state index in [1.165, 1.54) is 37.7 Å². The van der Waals surface area contributed by atoms with E-state index >= 15 is 0 Å². The molecule has 0 bridgehead atoms. The first kappa shape index (κ1) is 21.4. The zero-order chi connectivity index (χ0) is 20.9. The Morgan fingerprint density at radius 1 is 0.897 bits per heavy atom. The second kappa shape index (κ2) is 9.49. The summed E-state index contributed by atoms with van der Waals surface area (Å²) in [5.74, 6) is 0. The fourth-order valence-corrected chi connectivity index (χ4v) is 4.79. The zero-order valence-corrected chi connectivity index (χ0v) is 18.5. The van der Waals surface area contributed by atoms with Crippen molar-refractivity contribution < 1.29 is 8.42 Å². The summed E-state index contributed by atoms with van der Waals surface area (Å²) < 4.78 is 28.5. The fraction of sp³-hybridized carbons (Fsp3) is 0.417. The smallest absolute Gasteiger partial charge is 0.261 e. The summed E-state index contributed by atoms with van der Waals surface area (Å²) in [7, 11) is -3.63. The predicted octanol–water partition coefficient (Wildman–Crippen LogP) is 6.49. The van der Waals surface area contributed by atoms with E-state index in [0.717, 1.165) is 35.0 Å². The number of unbranched alkanes of at least 4 members (excludes halogenated alkanes) is 5. The molecule has 3 rings (SSSR count). The number of rotatable bonds is 10. The summed E-state index contributed by atoms with van der Waals surface area (Å²) in [4.78, 5) is 3.59. The van der Waals surface area contributed by atoms with Gasteiger partial charge in [0.15, 0.2) is 0 Å². The number of anilines is 1. The summed E-state index contributed by atoms with van der Waals surface area (Å²) in [5, 5.41) is 1.04. The standard InChI is InChI=1S/C24H32N2O2S/c1-4-5-6-7-8-9-11-20-14-16-21(17-15-20)29(27,28)26-23-13-10-12-22-18(2)19(3)25-24(22)23/h10,12-17,25-26H,4-9,11H2,1-3H3. The predicted molar refractivity (Wildman–Crippen MR) is 122 cm³/mol. The van der Waals surface area contributed by atoms with Gasteiger partial charge in [0.05, 0.1) is 16.1 Å². The number of hydrogen-bond acceptors (Lipinski definition) is 2. The van der Waals surface area contributed by atoms with Gasteiger partial charge in [-0.2, -0.15) is 0 Å². The molecule has 0 fully saturated rings. The number of hydrogen-bond donors (Lipinski definition) is 2. The number of para-hydroxylation sites is 1. The van der Waals surface area contributed by atoms with Crippen molar-refractivity contribution in [1.82, 2.24) is 4.98 Å². The minimum Gasteiger partial charge on any atom is -0.357 e. The average Bonchev–Trinajstić information content (AvgIpc) is 3.00. The number of aromatic amines is 1. The highest BCUT2D eigenvalue weighted by atomic mass is 32.2. The Morgan fingerprint density at radius 2 is 1.59 bits per heavy atom. The molecule has 0 spiro atoms. The lowest BCUT2D eigenvalue weighted by molar-refractivity contribution is 0.601. The van der Waals surface area contributed by atoms with Gasteiger partial charge in [0.2, 0.25) is 0 Å². The maximum Gasteiger partial charge on any atom is 0.261 e. The maximum absolute atomic E-state index is 12.9. The van der Waals surface area contributed by atoms with Crippen LogP contribution in [0.5, 0.6) is 0 Å². The molecule has 0 saturated carbocycles. The van der Waals surface area contributed by atoms with E-state index in [-0.39, 0.29) is 0 Å². The van der Waals surface area contributed by atoms with Crippen molar-refractivity contribution in [2.45, 2.75) is 70.6 Å². The Labute approximate surface area is 174 Å². The van der Waals surface area contributed by atoms with E-state index in [1.54, 1.807) is 18.2 Å². The van der Waals surface area contributed by atoms with E-state index < -0.39 is 10.0 Å². The monoisotopic (exact) mass is 412 g/mol. The second-order valence-corrected chi connectivity index (χ2v) is 9.55. The van der Waals surface area contributed by atoms with Crippen molar-refractivity contribution in [3.05, 3.63) is 59.3 Å². The SMILES string of the molecule is CCCCCCCCc1ccc(S(=O)(=O)Nc2cccc3c(C)c(C)[nH]c23)cc1. The van der Waals surface area contributed by atoms with Crippen LogP contribution in [0.15, 0.2) is 47.4 Å². The maximum atomic E-state index is 12.9. The van der Waals surface area contributed by atoms with Gasteiger partial charge in [0.25, 0.3) is 10.0 Å². The third-order valence-electron chi connectivity index (χ3n) is 5.64. The Hall–Kier alpha value is -2.27. The molecular weight excluding hydrogens is 380 g/mol. The number of sulfonamides is 1. The molecule has 0 aliphatic carbocycles. The Balaban J connectivity index is 1.67. The summed E-state index contributed by atoms with van der Waals surface area (Å²) in [6, 6.07) is 13.0. The van der Waals surface area contributed by atoms with Gasteiger partial charge in [-0.25, -0.2) is 8.42 Å². The van der Waals surface area contributed by atoms with Crippen molar-refractivity contribution >= 4 is 26.6 Å². The molecule has 1 heterocycles. The van der Waals surface area contributed by atoms with Crippen LogP contribution >= 0.6 is 0 Å². The van der Waals surface area contributed by atoms with Crippen LogP contribution < -0.4 is 4.72 Å². The minimum absolute atomic E-state index is 0.293. The van der Waals surface area contributed by atoms with Gasteiger partial charge in [0, 0.05) is 11.1 Å². The highest BCUT2D eigenvalue weighted by Crippen LogP contribution is 2.29. The average molecular weight is 413 g/mol. The molecule has 0 atom stereocenters. The number of nitrogens with one attached hydrogen (secondary N) is 2. The largest absolute Gasteiger partial charge is 0.357 e. The molecule has 0 aliphatic heterocycles. The topological polar surface area (TPSA) is 62.0 Å². The normalized spacial score (nSPS) is 11.8. The first-order valence-electron chi connectivity index (χ1n) is 10.6. The lowest BCUT2D eigenvalue weighted by atomic mass is 10.1. The lowest BCUT2D eigenvalue weighted by Gasteiger charge is -2.10. The number of H-pyrrole nitrogens is 1. The van der Waals surface area contributed by atoms with Crippen molar-refractivity contribution in [2.75, 3.05) is 4.72 Å². The van der Waals surface area contributed by atoms with E-state index in [0.29, 0.717) is 10.6 Å². The molecule has 2 N–H and O–H groups in total. The van der Waals surface area contributed by atoms with Gasteiger partial charge in [0.1, 0.15) is 0 Å². The van der Waals surface area contributed by atoms with Crippen molar-refractivity contribution in [2.24, 2.45) is 0 Å². The first-order valence-corrected chi connectivity index (χ1v) is 12.1. The molecule has 1 aromatic heterocycles. The molecular formula is C24H32N2O2S. The van der Waals surface area contributed by atoms with Crippen molar-refractivity contribution in [3.63, 3.8) is 0 Å². The molecule has 0 unspecified atom stereocenters. The molecule has 4 nitrogen and oxygen atoms in total. The van der Waals surface area contributed by atoms with E-state index in [9.17, 15) is 8.42 Å². The lowest BCUT2D eigenvalue weighted by Crippen LogP contribution is -2.13. The van der Waals surface area contributed by atoms with Crippen LogP contribution in [-0.4, -0.2) is 13.4 Å². The number of fused-ring (bicyclic) bond motifs is 1. The third-order valence-corrected chi connectivity index (χ3v) is 7.02. The molecule has 5 heteroatoms. The van der Waals surface area contributed by atoms with Gasteiger partial charge in [-0.15, -0.1) is 0 Å². The Morgan fingerprint density at radius 3 is 2.31 bits per heavy atom. The molecule has 3 aromatic rings. The van der Waals surface area contributed by atoms with Gasteiger partial charge in [-0.1, -0.05) is 63.3 Å². The summed E-state index contributed by atoms with van der Waals surface area (Å²) in [5.41, 5.74) is 4.78. The summed E-state index contributed by atoms with van der Waals surface area (Å²) in [6.45, 7) is 6.26. The Bertz CT molecular complexity index is 1050. The second-order valence-electron chi connectivity index (χ2n) is 7.87. The molecule has 0 aliphatic rings. The highest BCUT2D eigenvalue weighted by Gasteiger charge is 2.17. The fourth-order valence-electron chi connectivity index (χ4n) is 3.72. The number of aromatic nitrogens is 1. The number of aryl methyl sites for hydroxylation is 3. The van der Waals surface area contributed by atoms with E-state index in [1.807, 2.05) is 38.1 Å². The molecule has 2 aromatic carbocycles. The van der Waals surface area contributed by atoms with Crippen LogP contribution in [0.3, 0.4) is 0 Å². The van der Waals surface area contributed by atoms with E-state index in [4.69, 9.17) is 0 Å². The zero-order valence-electron chi connectivity index (χ0n) is 17.7. The first-order chi connectivity index (χ1) is 13.9. The van der Waals surface area contributed by atoms with Crippen LogP contribution in [0.25, 0.3) is 10.9 Å². The van der Waals surface area contributed by atoms with Crippen LogP contribution in [-0.2, 0) is 16.4 Å². The third kappa shape index (κ3) is 5.21. The van der Waals surface area contributed by atoms with Gasteiger partial charge in [-0.3, -0.25) is 4.72 Å². The van der Waals surface area contributed by atoms with Gasteiger partial charge in [-0.05, 0) is 56.0 Å². The molecule has 0 radical (unpaired) electrons. The van der Waals surface area contributed by atoms with Gasteiger partial charge < -0.3 is 4.98 Å². The Kier molecular flexibility index (Phi) is 7.01. The molecule has 0 saturated heterocycles. The summed E-state index contributed by atoms with van der Waals surface area (Å²) >= 11 is 0. The molecule has 156 valence electrons. The highest BCUT2D eigenvalue weighted by molar-refractivity contribution is 7.92. The quantitative estimate of drug-likeness (QED) is 0.374. The van der Waals surface area contributed by atoms with Crippen molar-refractivity contribution in [1.29, 1.82) is 0 Å². The van der Waals surface area contributed by atoms with E-state index in [2.05, 4.69) is 16.6 Å². The van der Waals surface area contributed by atoms with Crippen molar-refractivity contribution in [3.8, 4) is 0 Å². The minimum atomic E-state index is -3.63. The van der Waals surface area contributed by atoms with Crippen LogP contribution in [0.4, 0.5) is 5.69 Å². The summed E-state index contributed by atoms with van der Waals surface area (Å²) in [6.07, 6.45) is 8.57.